The third kappa shape index (κ3) is 5.67. The van der Waals surface area contributed by atoms with Crippen molar-refractivity contribution >= 4 is 11.9 Å². The summed E-state index contributed by atoms with van der Waals surface area (Å²) in [6, 6.07) is -0.367. The van der Waals surface area contributed by atoms with Crippen molar-refractivity contribution in [1.29, 1.82) is 0 Å². The lowest BCUT2D eigenvalue weighted by Gasteiger charge is -2.23. The van der Waals surface area contributed by atoms with Crippen molar-refractivity contribution in [3.8, 4) is 0 Å². The van der Waals surface area contributed by atoms with E-state index in [1.807, 2.05) is 13.8 Å². The molecule has 0 aromatic carbocycles. The molecule has 0 heterocycles. The second-order valence-corrected chi connectivity index (χ2v) is 4.08. The Balaban J connectivity index is 4.21. The third-order valence-electron chi connectivity index (χ3n) is 2.16. The molecule has 16 heavy (non-hydrogen) atoms. The molecule has 2 atom stereocenters. The van der Waals surface area contributed by atoms with E-state index >= 15 is 0 Å². The van der Waals surface area contributed by atoms with E-state index in [1.54, 1.807) is 7.05 Å². The number of carboxylic acid groups (broad SMARTS) is 1. The molecule has 0 rings (SSSR count). The van der Waals surface area contributed by atoms with Crippen LogP contribution in [0.3, 0.4) is 0 Å². The molecule has 0 aliphatic rings. The number of aliphatic hydroxyl groups is 1. The fourth-order valence-electron chi connectivity index (χ4n) is 1.36. The van der Waals surface area contributed by atoms with Crippen LogP contribution < -0.4 is 10.6 Å². The molecule has 0 aromatic rings. The predicted octanol–water partition coefficient (Wildman–Crippen LogP) is -0.818. The fourth-order valence-corrected chi connectivity index (χ4v) is 1.36. The van der Waals surface area contributed by atoms with Gasteiger partial charge in [0.2, 0.25) is 0 Å². The van der Waals surface area contributed by atoms with E-state index in [1.165, 1.54) is 0 Å². The van der Waals surface area contributed by atoms with Crippen LogP contribution in [0.15, 0.2) is 0 Å². The number of carboxylic acids is 1. The number of carbonyl (C=O) groups excluding carboxylic acids is 1. The molecule has 0 saturated carbocycles. The van der Waals surface area contributed by atoms with Crippen molar-refractivity contribution in [2.75, 3.05) is 13.6 Å². The van der Waals surface area contributed by atoms with Gasteiger partial charge in [0.05, 0.1) is 0 Å². The van der Waals surface area contributed by atoms with E-state index in [4.69, 9.17) is 5.11 Å². The van der Waals surface area contributed by atoms with Gasteiger partial charge in [0.1, 0.15) is 12.6 Å². The van der Waals surface area contributed by atoms with Crippen molar-refractivity contribution in [1.82, 2.24) is 10.6 Å². The first kappa shape index (κ1) is 14.9. The molecule has 0 aliphatic carbocycles. The highest BCUT2D eigenvalue weighted by molar-refractivity contribution is 5.84. The molecule has 0 saturated heterocycles. The first-order valence-electron chi connectivity index (χ1n) is 5.23. The predicted molar refractivity (Wildman–Crippen MR) is 59.0 cm³/mol. The molecule has 6 nitrogen and oxygen atoms in total. The van der Waals surface area contributed by atoms with E-state index in [2.05, 4.69) is 10.6 Å². The molecule has 1 amide bonds. The Labute approximate surface area is 95.0 Å². The lowest BCUT2D eigenvalue weighted by molar-refractivity contribution is -0.140. The minimum absolute atomic E-state index is 0.333. The zero-order chi connectivity index (χ0) is 12.7. The topological polar surface area (TPSA) is 98.7 Å². The number of hydrogen-bond donors (Lipinski definition) is 4. The smallest absolute Gasteiger partial charge is 0.322 e. The second kappa shape index (κ2) is 7.19. The highest BCUT2D eigenvalue weighted by Crippen LogP contribution is 2.08. The Kier molecular flexibility index (Phi) is 6.67. The largest absolute Gasteiger partial charge is 0.480 e. The van der Waals surface area contributed by atoms with Gasteiger partial charge >= 0.3 is 5.97 Å². The van der Waals surface area contributed by atoms with Gasteiger partial charge < -0.3 is 20.8 Å². The molecule has 4 N–H and O–H groups in total. The Bertz CT molecular complexity index is 243. The standard InChI is InChI=1S/C10H20N2O4/c1-6(2)4-7(11-3)9(15)10(16)12-5-8(13)14/h6-7,9,11,15H,4-5H2,1-3H3,(H,12,16)(H,13,14)/t7-,9?/m0/s1. The second-order valence-electron chi connectivity index (χ2n) is 4.08. The molecule has 0 bridgehead atoms. The molecule has 1 unspecified atom stereocenters. The van der Waals surface area contributed by atoms with Gasteiger partial charge in [-0.2, -0.15) is 0 Å². The molecule has 94 valence electrons. The summed E-state index contributed by atoms with van der Waals surface area (Å²) in [5.41, 5.74) is 0. The van der Waals surface area contributed by atoms with Crippen molar-refractivity contribution in [3.05, 3.63) is 0 Å². The first-order valence-corrected chi connectivity index (χ1v) is 5.23. The van der Waals surface area contributed by atoms with Crippen molar-refractivity contribution in [2.24, 2.45) is 5.92 Å². The van der Waals surface area contributed by atoms with Crippen LogP contribution in [0.5, 0.6) is 0 Å². The van der Waals surface area contributed by atoms with Crippen LogP contribution in [-0.2, 0) is 9.59 Å². The summed E-state index contributed by atoms with van der Waals surface area (Å²) in [7, 11) is 1.65. The summed E-state index contributed by atoms with van der Waals surface area (Å²) in [4.78, 5) is 21.6. The first-order chi connectivity index (χ1) is 7.38. The van der Waals surface area contributed by atoms with Crippen molar-refractivity contribution in [3.63, 3.8) is 0 Å². The van der Waals surface area contributed by atoms with Gasteiger partial charge in [-0.15, -0.1) is 0 Å². The summed E-state index contributed by atoms with van der Waals surface area (Å²) in [5, 5.41) is 23.0. The van der Waals surface area contributed by atoms with Crippen LogP contribution in [-0.4, -0.2) is 47.8 Å². The Morgan fingerprint density at radius 1 is 1.31 bits per heavy atom. The number of aliphatic carboxylic acids is 1. The lowest BCUT2D eigenvalue weighted by Crippen LogP contribution is -2.49. The molecule has 0 fully saturated rings. The van der Waals surface area contributed by atoms with Gasteiger partial charge in [0, 0.05) is 6.04 Å². The lowest BCUT2D eigenvalue weighted by atomic mass is 9.99. The van der Waals surface area contributed by atoms with Crippen LogP contribution in [0.1, 0.15) is 20.3 Å². The summed E-state index contributed by atoms with van der Waals surface area (Å²) in [6.07, 6.45) is -0.593. The Morgan fingerprint density at radius 2 is 1.88 bits per heavy atom. The van der Waals surface area contributed by atoms with Crippen molar-refractivity contribution in [2.45, 2.75) is 32.4 Å². The maximum Gasteiger partial charge on any atom is 0.322 e. The normalized spacial score (nSPS) is 14.6. The molecule has 0 aliphatic heterocycles. The molecule has 0 radical (unpaired) electrons. The minimum atomic E-state index is -1.23. The minimum Gasteiger partial charge on any atom is -0.480 e. The van der Waals surface area contributed by atoms with Crippen molar-refractivity contribution < 1.29 is 19.8 Å². The summed E-state index contributed by atoms with van der Waals surface area (Å²) < 4.78 is 0. The van der Waals surface area contributed by atoms with Gasteiger partial charge in [0.25, 0.3) is 5.91 Å². The van der Waals surface area contributed by atoms with Gasteiger partial charge in [-0.25, -0.2) is 0 Å². The average molecular weight is 232 g/mol. The van der Waals surface area contributed by atoms with Gasteiger partial charge in [0.15, 0.2) is 0 Å². The molecular weight excluding hydrogens is 212 g/mol. The highest BCUT2D eigenvalue weighted by atomic mass is 16.4. The number of nitrogens with one attached hydrogen (secondary N) is 2. The number of rotatable bonds is 7. The number of aliphatic hydroxyl groups excluding tert-OH is 1. The van der Waals surface area contributed by atoms with E-state index in [0.29, 0.717) is 12.3 Å². The van der Waals surface area contributed by atoms with Crippen LogP contribution in [0.25, 0.3) is 0 Å². The molecule has 0 aromatic heterocycles. The maximum absolute atomic E-state index is 11.4. The summed E-state index contributed by atoms with van der Waals surface area (Å²) in [6.45, 7) is 3.48. The van der Waals surface area contributed by atoms with Crippen LogP contribution >= 0.6 is 0 Å². The highest BCUT2D eigenvalue weighted by Gasteiger charge is 2.25. The molecule has 6 heteroatoms. The number of hydrogen-bond acceptors (Lipinski definition) is 4. The molecular formula is C10H20N2O4. The van der Waals surface area contributed by atoms with E-state index in [-0.39, 0.29) is 6.04 Å². The average Bonchev–Trinajstić information content (AvgIpc) is 2.21. The number of carbonyl (C=O) groups is 2. The Hall–Kier alpha value is -1.14. The summed E-state index contributed by atoms with van der Waals surface area (Å²) in [5.74, 6) is -1.47. The van der Waals surface area contributed by atoms with Crippen LogP contribution in [0.4, 0.5) is 0 Å². The van der Waals surface area contributed by atoms with E-state index < -0.39 is 24.5 Å². The number of likely N-dealkylation sites (N-methyl/N-ethyl adjacent to an activating group) is 1. The van der Waals surface area contributed by atoms with Crippen LogP contribution in [0.2, 0.25) is 0 Å². The van der Waals surface area contributed by atoms with E-state index in [0.717, 1.165) is 0 Å². The molecule has 0 spiro atoms. The van der Waals surface area contributed by atoms with Gasteiger partial charge in [-0.3, -0.25) is 9.59 Å². The third-order valence-corrected chi connectivity index (χ3v) is 2.16. The monoisotopic (exact) mass is 232 g/mol. The Morgan fingerprint density at radius 3 is 2.25 bits per heavy atom. The van der Waals surface area contributed by atoms with Gasteiger partial charge in [-0.1, -0.05) is 13.8 Å². The maximum atomic E-state index is 11.4. The summed E-state index contributed by atoms with van der Waals surface area (Å²) >= 11 is 0. The van der Waals surface area contributed by atoms with Gasteiger partial charge in [-0.05, 0) is 19.4 Å². The SMILES string of the molecule is CN[C@@H](CC(C)C)C(O)C(=O)NCC(=O)O. The zero-order valence-corrected chi connectivity index (χ0v) is 9.86. The fraction of sp³-hybridized carbons (Fsp3) is 0.800. The zero-order valence-electron chi connectivity index (χ0n) is 9.86. The van der Waals surface area contributed by atoms with Crippen LogP contribution in [0, 0.1) is 5.92 Å². The van der Waals surface area contributed by atoms with E-state index in [9.17, 15) is 14.7 Å². The quantitative estimate of drug-likeness (QED) is 0.460. The number of amides is 1.